The zero-order valence-electron chi connectivity index (χ0n) is 8.70. The van der Waals surface area contributed by atoms with Crippen molar-refractivity contribution in [2.75, 3.05) is 5.73 Å². The highest BCUT2D eigenvalue weighted by Crippen LogP contribution is 2.36. The zero-order valence-corrected chi connectivity index (χ0v) is 8.70. The summed E-state index contributed by atoms with van der Waals surface area (Å²) in [5.41, 5.74) is 5.21. The van der Waals surface area contributed by atoms with E-state index in [1.54, 1.807) is 30.3 Å². The number of rotatable bonds is 1. The lowest BCUT2D eigenvalue weighted by atomic mass is 10.0. The van der Waals surface area contributed by atoms with E-state index < -0.39 is 11.9 Å². The van der Waals surface area contributed by atoms with Gasteiger partial charge >= 0.3 is 6.18 Å². The third-order valence-corrected chi connectivity index (χ3v) is 2.26. The van der Waals surface area contributed by atoms with E-state index in [2.05, 4.69) is 4.98 Å². The maximum atomic E-state index is 12.8. The summed E-state index contributed by atoms with van der Waals surface area (Å²) in [4.78, 5) is 3.38. The predicted octanol–water partition coefficient (Wildman–Crippen LogP) is 3.35. The highest BCUT2D eigenvalue weighted by molar-refractivity contribution is 5.69. The summed E-state index contributed by atoms with van der Waals surface area (Å²) >= 11 is 0. The molecule has 0 saturated heterocycles. The Kier molecular flexibility index (Phi) is 2.75. The lowest BCUT2D eigenvalue weighted by Crippen LogP contribution is -2.10. The van der Waals surface area contributed by atoms with Crippen molar-refractivity contribution in [1.29, 1.82) is 0 Å². The average Bonchev–Trinajstić information content (AvgIpc) is 2.28. The number of halogens is 3. The van der Waals surface area contributed by atoms with Crippen LogP contribution >= 0.6 is 0 Å². The molecule has 0 aliphatic heterocycles. The first-order chi connectivity index (χ1) is 7.98. The van der Waals surface area contributed by atoms with Gasteiger partial charge in [-0.2, -0.15) is 13.2 Å². The molecular formula is C12H9F3N2. The molecule has 5 heteroatoms. The summed E-state index contributed by atoms with van der Waals surface area (Å²) in [6.07, 6.45) is -3.48. The first kappa shape index (κ1) is 11.4. The van der Waals surface area contributed by atoms with Gasteiger partial charge in [-0.05, 0) is 11.6 Å². The molecule has 0 aliphatic carbocycles. The Balaban J connectivity index is 2.64. The molecule has 0 spiro atoms. The van der Waals surface area contributed by atoms with Gasteiger partial charge < -0.3 is 5.73 Å². The summed E-state index contributed by atoms with van der Waals surface area (Å²) in [7, 11) is 0. The molecule has 88 valence electrons. The molecule has 2 N–H and O–H groups in total. The number of hydrogen-bond acceptors (Lipinski definition) is 2. The summed E-state index contributed by atoms with van der Waals surface area (Å²) in [6, 6.07) is 9.52. The van der Waals surface area contributed by atoms with Crippen LogP contribution in [0.4, 0.5) is 18.9 Å². The van der Waals surface area contributed by atoms with Crippen LogP contribution in [0.1, 0.15) is 5.69 Å². The van der Waals surface area contributed by atoms with Gasteiger partial charge in [0.15, 0.2) is 5.69 Å². The zero-order chi connectivity index (χ0) is 12.5. The summed E-state index contributed by atoms with van der Waals surface area (Å²) < 4.78 is 38.3. The van der Waals surface area contributed by atoms with Crippen molar-refractivity contribution in [3.8, 4) is 11.1 Å². The fraction of sp³-hybridized carbons (Fsp3) is 0.0833. The van der Waals surface area contributed by atoms with E-state index in [4.69, 9.17) is 5.73 Å². The number of hydrogen-bond donors (Lipinski definition) is 1. The standard InChI is InChI=1S/C12H9F3N2/c13-12(14,15)11-10(6-9(16)7-17-11)8-4-2-1-3-5-8/h1-7H,16H2. The maximum Gasteiger partial charge on any atom is 0.433 e. The second-order valence-electron chi connectivity index (χ2n) is 3.53. The summed E-state index contributed by atoms with van der Waals surface area (Å²) in [6.45, 7) is 0. The predicted molar refractivity (Wildman–Crippen MR) is 59.1 cm³/mol. The minimum absolute atomic E-state index is 0.00176. The number of nitrogen functional groups attached to an aromatic ring is 1. The van der Waals surface area contributed by atoms with Gasteiger partial charge in [0, 0.05) is 5.56 Å². The van der Waals surface area contributed by atoms with E-state index in [1.165, 1.54) is 6.07 Å². The molecule has 0 fully saturated rings. The molecule has 0 radical (unpaired) electrons. The van der Waals surface area contributed by atoms with Crippen LogP contribution in [0.15, 0.2) is 42.6 Å². The van der Waals surface area contributed by atoms with Crippen LogP contribution in [-0.4, -0.2) is 4.98 Å². The molecule has 1 aromatic heterocycles. The minimum Gasteiger partial charge on any atom is -0.397 e. The van der Waals surface area contributed by atoms with E-state index in [-0.39, 0.29) is 11.3 Å². The molecule has 2 nitrogen and oxygen atoms in total. The van der Waals surface area contributed by atoms with E-state index in [0.717, 1.165) is 6.20 Å². The molecule has 2 rings (SSSR count). The molecule has 0 saturated carbocycles. The van der Waals surface area contributed by atoms with Crippen molar-refractivity contribution in [3.63, 3.8) is 0 Å². The van der Waals surface area contributed by atoms with Crippen LogP contribution in [0.3, 0.4) is 0 Å². The number of nitrogens with zero attached hydrogens (tertiary/aromatic N) is 1. The van der Waals surface area contributed by atoms with Crippen LogP contribution in [0.25, 0.3) is 11.1 Å². The molecular weight excluding hydrogens is 229 g/mol. The Morgan fingerprint density at radius 1 is 1.06 bits per heavy atom. The van der Waals surface area contributed by atoms with Crippen LogP contribution in [0.5, 0.6) is 0 Å². The van der Waals surface area contributed by atoms with Crippen molar-refractivity contribution in [3.05, 3.63) is 48.3 Å². The fourth-order valence-corrected chi connectivity index (χ4v) is 1.54. The van der Waals surface area contributed by atoms with Gasteiger partial charge in [0.25, 0.3) is 0 Å². The van der Waals surface area contributed by atoms with Gasteiger partial charge in [-0.15, -0.1) is 0 Å². The second-order valence-corrected chi connectivity index (χ2v) is 3.53. The molecule has 0 amide bonds. The van der Waals surface area contributed by atoms with Gasteiger partial charge in [-0.25, -0.2) is 4.98 Å². The lowest BCUT2D eigenvalue weighted by Gasteiger charge is -2.12. The Morgan fingerprint density at radius 3 is 2.29 bits per heavy atom. The van der Waals surface area contributed by atoms with E-state index in [0.29, 0.717) is 5.56 Å². The SMILES string of the molecule is Nc1cnc(C(F)(F)F)c(-c2ccccc2)c1. The van der Waals surface area contributed by atoms with Gasteiger partial charge in [0.05, 0.1) is 11.9 Å². The Labute approximate surface area is 95.9 Å². The molecule has 0 unspecified atom stereocenters. The van der Waals surface area contributed by atoms with Crippen molar-refractivity contribution >= 4 is 5.69 Å². The number of alkyl halides is 3. The molecule has 2 aromatic rings. The third kappa shape index (κ3) is 2.38. The van der Waals surface area contributed by atoms with Crippen molar-refractivity contribution in [2.45, 2.75) is 6.18 Å². The van der Waals surface area contributed by atoms with Crippen molar-refractivity contribution < 1.29 is 13.2 Å². The average molecular weight is 238 g/mol. The molecule has 0 atom stereocenters. The minimum atomic E-state index is -4.49. The molecule has 1 aromatic carbocycles. The number of nitrogens with two attached hydrogens (primary N) is 1. The van der Waals surface area contributed by atoms with Crippen molar-refractivity contribution in [2.24, 2.45) is 0 Å². The normalized spacial score (nSPS) is 11.5. The quantitative estimate of drug-likeness (QED) is 0.827. The maximum absolute atomic E-state index is 12.8. The highest BCUT2D eigenvalue weighted by atomic mass is 19.4. The van der Waals surface area contributed by atoms with Crippen molar-refractivity contribution in [1.82, 2.24) is 4.98 Å². The monoisotopic (exact) mass is 238 g/mol. The lowest BCUT2D eigenvalue weighted by molar-refractivity contribution is -0.140. The van der Waals surface area contributed by atoms with E-state index in [9.17, 15) is 13.2 Å². The van der Waals surface area contributed by atoms with Crippen LogP contribution in [-0.2, 0) is 6.18 Å². The number of benzene rings is 1. The second kappa shape index (κ2) is 4.08. The number of pyridine rings is 1. The first-order valence-electron chi connectivity index (χ1n) is 4.86. The summed E-state index contributed by atoms with van der Waals surface area (Å²) in [5.74, 6) is 0. The number of aromatic nitrogens is 1. The highest BCUT2D eigenvalue weighted by Gasteiger charge is 2.35. The number of anilines is 1. The smallest absolute Gasteiger partial charge is 0.397 e. The largest absolute Gasteiger partial charge is 0.433 e. The van der Waals surface area contributed by atoms with Crippen LogP contribution in [0.2, 0.25) is 0 Å². The Bertz CT molecular complexity index is 521. The first-order valence-corrected chi connectivity index (χ1v) is 4.86. The van der Waals surface area contributed by atoms with Gasteiger partial charge in [-0.3, -0.25) is 0 Å². The van der Waals surface area contributed by atoms with E-state index >= 15 is 0 Å². The van der Waals surface area contributed by atoms with Crippen LogP contribution in [0, 0.1) is 0 Å². The Morgan fingerprint density at radius 2 is 1.71 bits per heavy atom. The molecule has 0 aliphatic rings. The van der Waals surface area contributed by atoms with Gasteiger partial charge in [0.2, 0.25) is 0 Å². The molecule has 1 heterocycles. The topological polar surface area (TPSA) is 38.9 Å². The molecule has 17 heavy (non-hydrogen) atoms. The summed E-state index contributed by atoms with van der Waals surface area (Å²) in [5, 5.41) is 0. The van der Waals surface area contributed by atoms with E-state index in [1.807, 2.05) is 0 Å². The third-order valence-electron chi connectivity index (χ3n) is 2.26. The van der Waals surface area contributed by atoms with Crippen LogP contribution < -0.4 is 5.73 Å². The fourth-order valence-electron chi connectivity index (χ4n) is 1.54. The molecule has 0 bridgehead atoms. The van der Waals surface area contributed by atoms with Gasteiger partial charge in [0.1, 0.15) is 0 Å². The van der Waals surface area contributed by atoms with Gasteiger partial charge in [-0.1, -0.05) is 30.3 Å². The Hall–Kier alpha value is -2.04.